The summed E-state index contributed by atoms with van der Waals surface area (Å²) in [6, 6.07) is 0. The monoisotopic (exact) mass is 254 g/mol. The first-order valence-corrected chi connectivity index (χ1v) is 7.64. The third-order valence-electron chi connectivity index (χ3n) is 1.84. The van der Waals surface area contributed by atoms with Gasteiger partial charge in [-0.05, 0) is 24.6 Å². The van der Waals surface area contributed by atoms with E-state index in [2.05, 4.69) is 24.1 Å². The van der Waals surface area contributed by atoms with Crippen molar-refractivity contribution in [2.75, 3.05) is 0 Å². The molecule has 0 saturated heterocycles. The van der Waals surface area contributed by atoms with Gasteiger partial charge in [0.05, 0.1) is 6.10 Å². The third-order valence-corrected chi connectivity index (χ3v) is 2.95. The molecule has 0 aromatic rings. The van der Waals surface area contributed by atoms with E-state index in [1.807, 2.05) is 0 Å². The number of thiol groups is 1. The minimum absolute atomic E-state index is 0. The minimum Gasteiger partial charge on any atom is -1.00 e. The summed E-state index contributed by atoms with van der Waals surface area (Å²) in [6.45, 7) is 0. The Morgan fingerprint density at radius 2 is 1.92 bits per heavy atom. The van der Waals surface area contributed by atoms with Gasteiger partial charge in [0.1, 0.15) is 0 Å². The summed E-state index contributed by atoms with van der Waals surface area (Å²) in [6.07, 6.45) is 5.87. The Bertz CT molecular complexity index is 175. The van der Waals surface area contributed by atoms with Gasteiger partial charge in [-0.1, -0.05) is 31.5 Å². The maximum Gasteiger partial charge on any atom is 2.00 e. The van der Waals surface area contributed by atoms with Gasteiger partial charge in [-0.3, -0.25) is 0 Å². The van der Waals surface area contributed by atoms with E-state index in [1.165, 1.54) is 19.3 Å². The van der Waals surface area contributed by atoms with Crippen LogP contribution in [0.5, 0.6) is 0 Å². The van der Waals surface area contributed by atoms with E-state index in [1.54, 1.807) is 0 Å². The molecule has 1 aliphatic carbocycles. The predicted octanol–water partition coefficient (Wildman–Crippen LogP) is 2.33. The van der Waals surface area contributed by atoms with Crippen LogP contribution in [0.15, 0.2) is 0 Å². The first kappa shape index (κ1) is 14.2. The molecule has 1 fully saturated rings. The SMILES string of the molecule is OP(=S)(S)OC1CCCCC1.[Ca+2].[H-].[H-]. The molecule has 0 radical (unpaired) electrons. The van der Waals surface area contributed by atoms with E-state index in [0.29, 0.717) is 0 Å². The van der Waals surface area contributed by atoms with Gasteiger partial charge in [-0.2, -0.15) is 0 Å². The maximum absolute atomic E-state index is 9.14. The minimum atomic E-state index is -2.71. The molecule has 6 heteroatoms. The number of hydrogen-bond donors (Lipinski definition) is 2. The standard InChI is InChI=1S/C6H13O2PS2.Ca.2H/c7-9(10,11)8-6-4-2-1-3-5-6;;;/h6H,1-5H2,(H2,7,10,11);;;/q;+2;2*-1. The predicted molar refractivity (Wildman–Crippen MR) is 61.4 cm³/mol. The Labute approximate surface area is 117 Å². The van der Waals surface area contributed by atoms with Crippen molar-refractivity contribution < 1.29 is 12.3 Å². The van der Waals surface area contributed by atoms with E-state index in [9.17, 15) is 0 Å². The van der Waals surface area contributed by atoms with Crippen LogP contribution in [0, 0.1) is 0 Å². The molecule has 1 aliphatic rings. The van der Waals surface area contributed by atoms with E-state index in [4.69, 9.17) is 9.42 Å². The van der Waals surface area contributed by atoms with E-state index >= 15 is 0 Å². The Balaban J connectivity index is -0.000000403. The summed E-state index contributed by atoms with van der Waals surface area (Å²) in [4.78, 5) is 9.14. The van der Waals surface area contributed by atoms with E-state index in [-0.39, 0.29) is 46.7 Å². The normalized spacial score (nSPS) is 24.2. The second-order valence-corrected chi connectivity index (χ2v) is 7.97. The fraction of sp³-hybridized carbons (Fsp3) is 1.00. The topological polar surface area (TPSA) is 29.5 Å². The molecule has 0 aliphatic heterocycles. The van der Waals surface area contributed by atoms with E-state index in [0.717, 1.165) is 12.8 Å². The molecule has 2 nitrogen and oxygen atoms in total. The molecule has 1 rings (SSSR count). The fourth-order valence-corrected chi connectivity index (χ4v) is 2.73. The summed E-state index contributed by atoms with van der Waals surface area (Å²) >= 11 is 8.50. The fourth-order valence-electron chi connectivity index (χ4n) is 1.36. The average Bonchev–Trinajstić information content (AvgIpc) is 1.85. The molecule has 70 valence electrons. The molecule has 0 aromatic heterocycles. The van der Waals surface area contributed by atoms with Gasteiger partial charge in [-0.25, -0.2) is 0 Å². The van der Waals surface area contributed by atoms with Crippen molar-refractivity contribution >= 4 is 67.5 Å². The van der Waals surface area contributed by atoms with E-state index < -0.39 is 5.69 Å². The molecule has 1 unspecified atom stereocenters. The van der Waals surface area contributed by atoms with Crippen molar-refractivity contribution in [2.45, 2.75) is 38.2 Å². The van der Waals surface area contributed by atoms with Crippen LogP contribution in [0.1, 0.15) is 35.0 Å². The van der Waals surface area contributed by atoms with Crippen molar-refractivity contribution in [3.05, 3.63) is 0 Å². The molecular weight excluding hydrogens is 239 g/mol. The molecule has 12 heavy (non-hydrogen) atoms. The Kier molecular flexibility index (Phi) is 7.83. The molecule has 1 atom stereocenters. The van der Waals surface area contributed by atoms with Crippen LogP contribution in [0.2, 0.25) is 0 Å². The summed E-state index contributed by atoms with van der Waals surface area (Å²) < 4.78 is 5.22. The van der Waals surface area contributed by atoms with Crippen LogP contribution < -0.4 is 0 Å². The molecule has 1 N–H and O–H groups in total. The van der Waals surface area contributed by atoms with Crippen molar-refractivity contribution in [1.29, 1.82) is 0 Å². The zero-order valence-corrected chi connectivity index (χ0v) is 11.8. The summed E-state index contributed by atoms with van der Waals surface area (Å²) in [5, 5.41) is 0. The summed E-state index contributed by atoms with van der Waals surface area (Å²) in [5.74, 6) is 0. The zero-order valence-electron chi connectivity index (χ0n) is 8.98. The first-order chi connectivity index (χ1) is 5.08. The van der Waals surface area contributed by atoms with Crippen molar-refractivity contribution in [3.63, 3.8) is 0 Å². The second-order valence-electron chi connectivity index (χ2n) is 2.86. The molecule has 0 aromatic carbocycles. The average molecular weight is 254 g/mol. The van der Waals surface area contributed by atoms with Crippen LogP contribution in [-0.2, 0) is 16.3 Å². The summed E-state index contributed by atoms with van der Waals surface area (Å²) in [7, 11) is 0. The number of hydrogen-bond acceptors (Lipinski definition) is 2. The molecule has 1 saturated carbocycles. The first-order valence-electron chi connectivity index (χ1n) is 3.82. The van der Waals surface area contributed by atoms with Crippen LogP contribution in [0.4, 0.5) is 0 Å². The zero-order chi connectivity index (χ0) is 8.32. The van der Waals surface area contributed by atoms with Gasteiger partial charge in [0, 0.05) is 0 Å². The quantitative estimate of drug-likeness (QED) is 0.450. The van der Waals surface area contributed by atoms with Crippen molar-refractivity contribution in [1.82, 2.24) is 0 Å². The van der Waals surface area contributed by atoms with Gasteiger partial charge in [-0.15, -0.1) is 0 Å². The van der Waals surface area contributed by atoms with Crippen LogP contribution in [0.25, 0.3) is 0 Å². The third kappa shape index (κ3) is 6.61. The van der Waals surface area contributed by atoms with Crippen molar-refractivity contribution in [2.24, 2.45) is 0 Å². The Hall–Kier alpha value is 2.18. The molecule has 0 spiro atoms. The second kappa shape index (κ2) is 6.62. The van der Waals surface area contributed by atoms with Crippen LogP contribution in [-0.4, -0.2) is 48.7 Å². The van der Waals surface area contributed by atoms with Crippen LogP contribution in [0.3, 0.4) is 0 Å². The molecule has 0 bridgehead atoms. The molecule has 0 amide bonds. The smallest absolute Gasteiger partial charge is 1.00 e. The van der Waals surface area contributed by atoms with Gasteiger partial charge >= 0.3 is 37.7 Å². The number of rotatable bonds is 2. The summed E-state index contributed by atoms with van der Waals surface area (Å²) in [5.41, 5.74) is -2.71. The maximum atomic E-state index is 9.14. The molecule has 0 heterocycles. The largest absolute Gasteiger partial charge is 2.00 e. The Morgan fingerprint density at radius 3 is 2.33 bits per heavy atom. The van der Waals surface area contributed by atoms with Gasteiger partial charge < -0.3 is 12.3 Å². The Morgan fingerprint density at radius 1 is 1.42 bits per heavy atom. The van der Waals surface area contributed by atoms with Gasteiger partial charge in [0.25, 0.3) is 0 Å². The van der Waals surface area contributed by atoms with Crippen molar-refractivity contribution in [3.8, 4) is 0 Å². The van der Waals surface area contributed by atoms with Gasteiger partial charge in [0.15, 0.2) is 0 Å². The van der Waals surface area contributed by atoms with Crippen LogP contribution >= 0.6 is 17.9 Å². The molecular formula is C6H15CaO2PS2. The van der Waals surface area contributed by atoms with Gasteiger partial charge in [0.2, 0.25) is 5.69 Å².